The van der Waals surface area contributed by atoms with Crippen molar-refractivity contribution in [3.63, 3.8) is 0 Å². The maximum Gasteiger partial charge on any atom is 0.270 e. The molecule has 2 aromatic rings. The monoisotopic (exact) mass is 339 g/mol. The number of hydrogen-bond acceptors (Lipinski definition) is 3. The van der Waals surface area contributed by atoms with Crippen LogP contribution in [0.2, 0.25) is 0 Å². The molecule has 1 aromatic carbocycles. The largest absolute Gasteiger partial charge is 0.346 e. The molecule has 0 fully saturated rings. The van der Waals surface area contributed by atoms with E-state index in [1.807, 2.05) is 45.0 Å². The van der Waals surface area contributed by atoms with Gasteiger partial charge in [0.1, 0.15) is 5.69 Å². The van der Waals surface area contributed by atoms with Gasteiger partial charge in [0.15, 0.2) is 0 Å². The number of pyridine rings is 1. The van der Waals surface area contributed by atoms with E-state index in [9.17, 15) is 9.59 Å². The highest BCUT2D eigenvalue weighted by molar-refractivity contribution is 6.05. The lowest BCUT2D eigenvalue weighted by Gasteiger charge is -2.20. The summed E-state index contributed by atoms with van der Waals surface area (Å²) in [5, 5.41) is 5.68. The Balaban J connectivity index is 2.11. The average Bonchev–Trinajstić information content (AvgIpc) is 2.54. The number of anilines is 1. The number of hydrogen-bond donors (Lipinski definition) is 2. The number of amides is 2. The van der Waals surface area contributed by atoms with Crippen LogP contribution < -0.4 is 10.6 Å². The van der Waals surface area contributed by atoms with Crippen molar-refractivity contribution in [2.45, 2.75) is 46.1 Å². The Hall–Kier alpha value is -2.69. The molecule has 0 aliphatic heterocycles. The second kappa shape index (κ2) is 7.47. The van der Waals surface area contributed by atoms with Gasteiger partial charge in [0.2, 0.25) is 0 Å². The normalized spacial score (nSPS) is 11.3. The maximum atomic E-state index is 12.4. The predicted molar refractivity (Wildman–Crippen MR) is 99.9 cm³/mol. The van der Waals surface area contributed by atoms with Gasteiger partial charge in [0, 0.05) is 23.0 Å². The summed E-state index contributed by atoms with van der Waals surface area (Å²) in [5.74, 6) is -0.137. The van der Waals surface area contributed by atoms with E-state index in [4.69, 9.17) is 0 Å². The minimum absolute atomic E-state index is 0.220. The molecule has 0 bridgehead atoms. The van der Waals surface area contributed by atoms with Crippen LogP contribution in [0.25, 0.3) is 0 Å². The topological polar surface area (TPSA) is 71.1 Å². The zero-order valence-electron chi connectivity index (χ0n) is 15.4. The van der Waals surface area contributed by atoms with Crippen molar-refractivity contribution < 1.29 is 9.59 Å². The van der Waals surface area contributed by atoms with Gasteiger partial charge in [-0.25, -0.2) is 0 Å². The summed E-state index contributed by atoms with van der Waals surface area (Å²) in [5.41, 5.74) is 2.17. The van der Waals surface area contributed by atoms with Gasteiger partial charge in [-0.3, -0.25) is 14.6 Å². The summed E-state index contributed by atoms with van der Waals surface area (Å²) in [6.07, 6.45) is 1.47. The van der Waals surface area contributed by atoms with E-state index in [-0.39, 0.29) is 23.0 Å². The SMILES string of the molecule is CC(C)c1ccc(NC(=O)c2ccnc(C(=O)NC(C)(C)C)c2)cc1. The Morgan fingerprint density at radius 2 is 1.64 bits per heavy atom. The first-order valence-corrected chi connectivity index (χ1v) is 8.35. The molecule has 25 heavy (non-hydrogen) atoms. The highest BCUT2D eigenvalue weighted by atomic mass is 16.2. The fourth-order valence-electron chi connectivity index (χ4n) is 2.26. The number of carbonyl (C=O) groups excluding carboxylic acids is 2. The average molecular weight is 339 g/mol. The third-order valence-corrected chi connectivity index (χ3v) is 3.58. The molecule has 5 nitrogen and oxygen atoms in total. The van der Waals surface area contributed by atoms with Gasteiger partial charge in [0.05, 0.1) is 0 Å². The molecule has 0 atom stereocenters. The molecule has 1 aromatic heterocycles. The van der Waals surface area contributed by atoms with Gasteiger partial charge in [-0.2, -0.15) is 0 Å². The lowest BCUT2D eigenvalue weighted by atomic mass is 10.0. The first kappa shape index (κ1) is 18.6. The van der Waals surface area contributed by atoms with Gasteiger partial charge in [-0.1, -0.05) is 26.0 Å². The van der Waals surface area contributed by atoms with Gasteiger partial charge < -0.3 is 10.6 Å². The summed E-state index contributed by atoms with van der Waals surface area (Å²) in [6, 6.07) is 10.8. The van der Waals surface area contributed by atoms with E-state index < -0.39 is 0 Å². The fourth-order valence-corrected chi connectivity index (χ4v) is 2.26. The predicted octanol–water partition coefficient (Wildman–Crippen LogP) is 3.99. The van der Waals surface area contributed by atoms with Gasteiger partial charge in [-0.05, 0) is 56.5 Å². The third kappa shape index (κ3) is 5.41. The van der Waals surface area contributed by atoms with Crippen LogP contribution in [-0.4, -0.2) is 22.3 Å². The molecular weight excluding hydrogens is 314 g/mol. The van der Waals surface area contributed by atoms with Crippen molar-refractivity contribution >= 4 is 17.5 Å². The molecule has 5 heteroatoms. The highest BCUT2D eigenvalue weighted by Gasteiger charge is 2.17. The molecule has 0 saturated heterocycles. The van der Waals surface area contributed by atoms with E-state index >= 15 is 0 Å². The van der Waals surface area contributed by atoms with Crippen LogP contribution in [0.5, 0.6) is 0 Å². The van der Waals surface area contributed by atoms with Crippen molar-refractivity contribution in [2.75, 3.05) is 5.32 Å². The second-order valence-corrected chi connectivity index (χ2v) is 7.36. The summed E-state index contributed by atoms with van der Waals surface area (Å²) in [6.45, 7) is 9.91. The number of rotatable bonds is 4. The summed E-state index contributed by atoms with van der Waals surface area (Å²) in [7, 11) is 0. The van der Waals surface area contributed by atoms with E-state index in [0.717, 1.165) is 0 Å². The first-order chi connectivity index (χ1) is 11.7. The molecule has 0 radical (unpaired) electrons. The van der Waals surface area contributed by atoms with E-state index in [1.54, 1.807) is 6.07 Å². The lowest BCUT2D eigenvalue weighted by molar-refractivity contribution is 0.0914. The van der Waals surface area contributed by atoms with Crippen LogP contribution in [0.3, 0.4) is 0 Å². The minimum Gasteiger partial charge on any atom is -0.346 e. The standard InChI is InChI=1S/C20H25N3O2/c1-13(2)14-6-8-16(9-7-14)22-18(24)15-10-11-21-17(12-15)19(25)23-20(3,4)5/h6-13H,1-5H3,(H,22,24)(H,23,25). The molecule has 2 amide bonds. The van der Waals surface area contributed by atoms with Crippen LogP contribution in [0.4, 0.5) is 5.69 Å². The zero-order valence-corrected chi connectivity index (χ0v) is 15.4. The Kier molecular flexibility index (Phi) is 5.57. The zero-order chi connectivity index (χ0) is 18.6. The van der Waals surface area contributed by atoms with Crippen molar-refractivity contribution in [3.05, 3.63) is 59.4 Å². The first-order valence-electron chi connectivity index (χ1n) is 8.35. The third-order valence-electron chi connectivity index (χ3n) is 3.58. The molecule has 2 rings (SSSR count). The molecule has 0 spiro atoms. The Morgan fingerprint density at radius 1 is 1.00 bits per heavy atom. The molecule has 0 aliphatic rings. The van der Waals surface area contributed by atoms with Crippen LogP contribution >= 0.6 is 0 Å². The summed E-state index contributed by atoms with van der Waals surface area (Å²) in [4.78, 5) is 28.7. The van der Waals surface area contributed by atoms with Crippen LogP contribution in [0.15, 0.2) is 42.6 Å². The molecule has 132 valence electrons. The van der Waals surface area contributed by atoms with E-state index in [2.05, 4.69) is 29.5 Å². The molecule has 0 unspecified atom stereocenters. The fraction of sp³-hybridized carbons (Fsp3) is 0.350. The van der Waals surface area contributed by atoms with Crippen LogP contribution in [0, 0.1) is 0 Å². The second-order valence-electron chi connectivity index (χ2n) is 7.36. The van der Waals surface area contributed by atoms with Gasteiger partial charge >= 0.3 is 0 Å². The van der Waals surface area contributed by atoms with E-state index in [0.29, 0.717) is 17.2 Å². The molecule has 0 aliphatic carbocycles. The quantitative estimate of drug-likeness (QED) is 0.885. The highest BCUT2D eigenvalue weighted by Crippen LogP contribution is 2.18. The number of benzene rings is 1. The van der Waals surface area contributed by atoms with E-state index in [1.165, 1.54) is 17.8 Å². The van der Waals surface area contributed by atoms with Gasteiger partial charge in [0.25, 0.3) is 11.8 Å². The number of carbonyl (C=O) groups is 2. The Morgan fingerprint density at radius 3 is 2.20 bits per heavy atom. The van der Waals surface area contributed by atoms with Crippen molar-refractivity contribution in [1.29, 1.82) is 0 Å². The molecular formula is C20H25N3O2. The Bertz CT molecular complexity index is 759. The Labute approximate surface area is 148 Å². The van der Waals surface area contributed by atoms with Gasteiger partial charge in [-0.15, -0.1) is 0 Å². The van der Waals surface area contributed by atoms with Crippen molar-refractivity contribution in [2.24, 2.45) is 0 Å². The molecule has 0 saturated carbocycles. The molecule has 2 N–H and O–H groups in total. The van der Waals surface area contributed by atoms with Crippen molar-refractivity contribution in [1.82, 2.24) is 10.3 Å². The molecule has 1 heterocycles. The minimum atomic E-state index is -0.366. The summed E-state index contributed by atoms with van der Waals surface area (Å²) < 4.78 is 0. The maximum absolute atomic E-state index is 12.4. The number of nitrogens with zero attached hydrogens (tertiary/aromatic N) is 1. The van der Waals surface area contributed by atoms with Crippen LogP contribution in [0.1, 0.15) is 66.9 Å². The summed E-state index contributed by atoms with van der Waals surface area (Å²) >= 11 is 0. The number of aromatic nitrogens is 1. The number of nitrogens with one attached hydrogen (secondary N) is 2. The van der Waals surface area contributed by atoms with Crippen molar-refractivity contribution in [3.8, 4) is 0 Å². The van der Waals surface area contributed by atoms with Crippen LogP contribution in [-0.2, 0) is 0 Å². The lowest BCUT2D eigenvalue weighted by Crippen LogP contribution is -2.41. The smallest absolute Gasteiger partial charge is 0.270 e.